The Kier molecular flexibility index (Phi) is 4.81. The molecule has 1 heterocycles. The number of hydrogen-bond acceptors (Lipinski definition) is 2. The van der Waals surface area contributed by atoms with Crippen LogP contribution in [0.15, 0.2) is 49.1 Å². The molecule has 0 radical (unpaired) electrons. The molecule has 130 valence electrons. The maximum absolute atomic E-state index is 12.5. The van der Waals surface area contributed by atoms with E-state index in [4.69, 9.17) is 27.9 Å². The Labute approximate surface area is 157 Å². The minimum absolute atomic E-state index is 0.0444. The highest BCUT2D eigenvalue weighted by Gasteiger charge is 2.45. The molecule has 0 aromatic heterocycles. The molecule has 0 saturated heterocycles. The van der Waals surface area contributed by atoms with Gasteiger partial charge >= 0.3 is 0 Å². The molecule has 0 spiro atoms. The first kappa shape index (κ1) is 17.8. The van der Waals surface area contributed by atoms with Gasteiger partial charge in [-0.1, -0.05) is 35.3 Å². The zero-order chi connectivity index (χ0) is 18.2. The van der Waals surface area contributed by atoms with E-state index in [0.29, 0.717) is 27.8 Å². The van der Waals surface area contributed by atoms with Crippen LogP contribution >= 0.6 is 23.2 Å². The van der Waals surface area contributed by atoms with Crippen LogP contribution in [0.3, 0.4) is 0 Å². The highest BCUT2D eigenvalue weighted by molar-refractivity contribution is 6.42. The van der Waals surface area contributed by atoms with Crippen molar-refractivity contribution < 1.29 is 9.53 Å². The summed E-state index contributed by atoms with van der Waals surface area (Å²) in [6, 6.07) is 11.1. The van der Waals surface area contributed by atoms with Crippen molar-refractivity contribution in [2.24, 2.45) is 0 Å². The third kappa shape index (κ3) is 3.03. The predicted octanol–water partition coefficient (Wildman–Crippen LogP) is 5.32. The summed E-state index contributed by atoms with van der Waals surface area (Å²) in [6.45, 7) is 5.90. The van der Waals surface area contributed by atoms with Crippen molar-refractivity contribution in [3.05, 3.63) is 75.8 Å². The van der Waals surface area contributed by atoms with Gasteiger partial charge in [0, 0.05) is 11.5 Å². The Morgan fingerprint density at radius 1 is 1.24 bits per heavy atom. The number of carbonyl (C=O) groups excluding carboxylic acids is 1. The molecular formula is C20H19Cl2NO2. The fourth-order valence-corrected chi connectivity index (χ4v) is 3.83. The third-order valence-electron chi connectivity index (χ3n) is 4.85. The molecule has 0 bridgehead atoms. The smallest absolute Gasteiger partial charge is 0.252 e. The van der Waals surface area contributed by atoms with Crippen LogP contribution in [0.4, 0.5) is 0 Å². The zero-order valence-electron chi connectivity index (χ0n) is 14.1. The zero-order valence-corrected chi connectivity index (χ0v) is 15.6. The van der Waals surface area contributed by atoms with Gasteiger partial charge in [0.2, 0.25) is 0 Å². The average molecular weight is 376 g/mol. The lowest BCUT2D eigenvalue weighted by molar-refractivity contribution is 0.0924. The van der Waals surface area contributed by atoms with Gasteiger partial charge in [-0.15, -0.1) is 6.58 Å². The number of methoxy groups -OCH3 is 1. The number of carbonyl (C=O) groups is 1. The minimum atomic E-state index is -0.605. The molecule has 3 rings (SSSR count). The molecule has 1 aliphatic heterocycles. The van der Waals surface area contributed by atoms with Crippen LogP contribution in [0.1, 0.15) is 40.7 Å². The maximum atomic E-state index is 12.5. The van der Waals surface area contributed by atoms with Gasteiger partial charge in [-0.25, -0.2) is 0 Å². The van der Waals surface area contributed by atoms with Crippen molar-refractivity contribution in [3.63, 3.8) is 0 Å². The number of halogens is 2. The number of allylic oxidation sites excluding steroid dienone is 1. The van der Waals surface area contributed by atoms with Crippen LogP contribution in [0.2, 0.25) is 10.0 Å². The van der Waals surface area contributed by atoms with Crippen molar-refractivity contribution in [1.82, 2.24) is 5.32 Å². The van der Waals surface area contributed by atoms with Crippen LogP contribution in [-0.4, -0.2) is 13.0 Å². The number of benzene rings is 2. The topological polar surface area (TPSA) is 38.3 Å². The Hall–Kier alpha value is -1.97. The van der Waals surface area contributed by atoms with E-state index in [0.717, 1.165) is 11.1 Å². The maximum Gasteiger partial charge on any atom is 0.252 e. The monoisotopic (exact) mass is 375 g/mol. The normalized spacial score (nSPS) is 19.9. The van der Waals surface area contributed by atoms with Gasteiger partial charge in [0.1, 0.15) is 5.75 Å². The molecule has 25 heavy (non-hydrogen) atoms. The molecule has 2 aromatic rings. The molecule has 1 aliphatic rings. The van der Waals surface area contributed by atoms with Crippen LogP contribution in [0.5, 0.6) is 5.75 Å². The number of amides is 1. The summed E-state index contributed by atoms with van der Waals surface area (Å²) < 4.78 is 5.35. The van der Waals surface area contributed by atoms with E-state index in [1.165, 1.54) is 0 Å². The predicted molar refractivity (Wildman–Crippen MR) is 102 cm³/mol. The van der Waals surface area contributed by atoms with Crippen molar-refractivity contribution >= 4 is 29.1 Å². The number of hydrogen-bond donors (Lipinski definition) is 1. The van der Waals surface area contributed by atoms with Crippen LogP contribution in [-0.2, 0) is 5.54 Å². The molecule has 0 aliphatic carbocycles. The molecule has 0 saturated carbocycles. The summed E-state index contributed by atoms with van der Waals surface area (Å²) in [5, 5.41) is 4.14. The number of fused-ring (bicyclic) bond motifs is 1. The lowest BCUT2D eigenvalue weighted by Gasteiger charge is -2.35. The van der Waals surface area contributed by atoms with E-state index in [1.807, 2.05) is 31.2 Å². The molecule has 3 nitrogen and oxygen atoms in total. The Morgan fingerprint density at radius 3 is 2.64 bits per heavy atom. The molecular weight excluding hydrogens is 357 g/mol. The fraction of sp³-hybridized carbons (Fsp3) is 0.250. The van der Waals surface area contributed by atoms with Crippen molar-refractivity contribution in [3.8, 4) is 5.75 Å². The summed E-state index contributed by atoms with van der Waals surface area (Å²) in [4.78, 5) is 12.5. The van der Waals surface area contributed by atoms with Gasteiger partial charge in [0.05, 0.1) is 22.7 Å². The van der Waals surface area contributed by atoms with Gasteiger partial charge in [-0.05, 0) is 54.8 Å². The highest BCUT2D eigenvalue weighted by Crippen LogP contribution is 2.46. The Morgan fingerprint density at radius 2 is 2.00 bits per heavy atom. The summed E-state index contributed by atoms with van der Waals surface area (Å²) in [6.07, 6.45) is 2.52. The standard InChI is InChI=1S/C20H19Cl2NO2/c1-4-5-15(12-6-9-17(21)18(22)10-12)20(2)16-11-13(25-3)7-8-14(16)19(24)23-20/h4,6-11,15H,1,5H2,2-3H3,(H,23,24). The number of nitrogens with one attached hydrogen (secondary N) is 1. The van der Waals surface area contributed by atoms with Crippen LogP contribution < -0.4 is 10.1 Å². The molecule has 2 unspecified atom stereocenters. The molecule has 1 amide bonds. The van der Waals surface area contributed by atoms with E-state index in [2.05, 4.69) is 11.9 Å². The summed E-state index contributed by atoms with van der Waals surface area (Å²) in [5.74, 6) is 0.583. The molecule has 0 fully saturated rings. The first-order valence-electron chi connectivity index (χ1n) is 7.97. The fourth-order valence-electron chi connectivity index (χ4n) is 3.52. The Bertz CT molecular complexity index is 850. The number of rotatable bonds is 5. The summed E-state index contributed by atoms with van der Waals surface area (Å²) in [7, 11) is 1.61. The van der Waals surface area contributed by atoms with Gasteiger partial charge in [0.15, 0.2) is 0 Å². The van der Waals surface area contributed by atoms with E-state index < -0.39 is 5.54 Å². The SMILES string of the molecule is C=CCC(c1ccc(Cl)c(Cl)c1)C1(C)NC(=O)c2ccc(OC)cc21. The largest absolute Gasteiger partial charge is 0.497 e. The second-order valence-electron chi connectivity index (χ2n) is 6.32. The minimum Gasteiger partial charge on any atom is -0.497 e. The van der Waals surface area contributed by atoms with E-state index in [1.54, 1.807) is 25.3 Å². The van der Waals surface area contributed by atoms with Gasteiger partial charge < -0.3 is 10.1 Å². The second-order valence-corrected chi connectivity index (χ2v) is 7.13. The van der Waals surface area contributed by atoms with Crippen molar-refractivity contribution in [2.45, 2.75) is 24.8 Å². The van der Waals surface area contributed by atoms with E-state index in [-0.39, 0.29) is 11.8 Å². The lowest BCUT2D eigenvalue weighted by Crippen LogP contribution is -2.41. The van der Waals surface area contributed by atoms with E-state index >= 15 is 0 Å². The third-order valence-corrected chi connectivity index (χ3v) is 5.59. The average Bonchev–Trinajstić information content (AvgIpc) is 2.86. The van der Waals surface area contributed by atoms with Gasteiger partial charge in [-0.2, -0.15) is 0 Å². The molecule has 5 heteroatoms. The molecule has 2 atom stereocenters. The van der Waals surface area contributed by atoms with Crippen molar-refractivity contribution in [2.75, 3.05) is 7.11 Å². The lowest BCUT2D eigenvalue weighted by atomic mass is 9.75. The summed E-state index contributed by atoms with van der Waals surface area (Å²) in [5.41, 5.74) is 1.96. The first-order valence-corrected chi connectivity index (χ1v) is 8.73. The number of ether oxygens (including phenoxy) is 1. The summed E-state index contributed by atoms with van der Waals surface area (Å²) >= 11 is 12.3. The highest BCUT2D eigenvalue weighted by atomic mass is 35.5. The van der Waals surface area contributed by atoms with E-state index in [9.17, 15) is 4.79 Å². The molecule has 2 aromatic carbocycles. The first-order chi connectivity index (χ1) is 11.9. The Balaban J connectivity index is 2.15. The van der Waals surface area contributed by atoms with Gasteiger partial charge in [0.25, 0.3) is 5.91 Å². The van der Waals surface area contributed by atoms with Crippen LogP contribution in [0, 0.1) is 0 Å². The quantitative estimate of drug-likeness (QED) is 0.718. The molecule has 1 N–H and O–H groups in total. The van der Waals surface area contributed by atoms with Crippen molar-refractivity contribution in [1.29, 1.82) is 0 Å². The second kappa shape index (κ2) is 6.74. The van der Waals surface area contributed by atoms with Gasteiger partial charge in [-0.3, -0.25) is 4.79 Å². The van der Waals surface area contributed by atoms with Crippen LogP contribution in [0.25, 0.3) is 0 Å².